The van der Waals surface area contributed by atoms with Crippen molar-refractivity contribution in [1.82, 2.24) is 0 Å². The molecule has 0 fully saturated rings. The van der Waals surface area contributed by atoms with Crippen molar-refractivity contribution in [2.75, 3.05) is 29.5 Å². The quantitative estimate of drug-likeness (QED) is 0.105. The van der Waals surface area contributed by atoms with Crippen LogP contribution in [0.25, 0.3) is 21.5 Å². The number of nitrogens with zero attached hydrogens (tertiary/aromatic N) is 2. The SMILES string of the molecule is CC1(C)C(/C=C/C2=C(Cl)C(=C/C=C3/N(CCCS(=O)(=O)O)c4ccc5ccccc5c4C3(C)C)/CCC2)=[N+](CCCS(=O)(=O)[O-])c2ccc3ccccc3c21.[Na+]. The number of halogens is 1. The number of hydrogen-bond donors (Lipinski definition) is 1. The number of rotatable bonds is 11. The molecule has 4 aromatic rings. The van der Waals surface area contributed by atoms with Crippen LogP contribution < -0.4 is 34.5 Å². The fourth-order valence-corrected chi connectivity index (χ4v) is 10.2. The monoisotopic (exact) mass is 821 g/mol. The van der Waals surface area contributed by atoms with Crippen LogP contribution in [0.2, 0.25) is 0 Å². The number of hydrogen-bond acceptors (Lipinski definition) is 6. The second-order valence-corrected chi connectivity index (χ2v) is 19.3. The van der Waals surface area contributed by atoms with Gasteiger partial charge in [0, 0.05) is 58.3 Å². The Kier molecular flexibility index (Phi) is 12.4. The predicted molar refractivity (Wildman–Crippen MR) is 223 cm³/mol. The van der Waals surface area contributed by atoms with Crippen LogP contribution >= 0.6 is 11.6 Å². The van der Waals surface area contributed by atoms with Gasteiger partial charge in [-0.2, -0.15) is 13.0 Å². The predicted octanol–water partition coefficient (Wildman–Crippen LogP) is 6.43. The van der Waals surface area contributed by atoms with E-state index < -0.39 is 36.8 Å². The van der Waals surface area contributed by atoms with Crippen molar-refractivity contribution in [3.8, 4) is 0 Å². The summed E-state index contributed by atoms with van der Waals surface area (Å²) >= 11 is 7.24. The molecule has 0 saturated carbocycles. The van der Waals surface area contributed by atoms with E-state index in [4.69, 9.17) is 11.6 Å². The Morgan fingerprint density at radius 2 is 1.45 bits per heavy atom. The first-order valence-corrected chi connectivity index (χ1v) is 22.4. The summed E-state index contributed by atoms with van der Waals surface area (Å²) in [7, 11) is -8.46. The van der Waals surface area contributed by atoms with E-state index in [1.165, 1.54) is 11.1 Å². The number of anilines is 1. The molecule has 1 N–H and O–H groups in total. The Morgan fingerprint density at radius 3 is 2.11 bits per heavy atom. The number of benzene rings is 4. The molecule has 0 aromatic heterocycles. The van der Waals surface area contributed by atoms with Gasteiger partial charge in [0.15, 0.2) is 5.71 Å². The van der Waals surface area contributed by atoms with Crippen LogP contribution in [-0.4, -0.2) is 60.8 Å². The molecule has 8 nitrogen and oxygen atoms in total. The van der Waals surface area contributed by atoms with Gasteiger partial charge in [0.05, 0.1) is 21.3 Å². The molecule has 2 aliphatic heterocycles. The Hall–Kier alpha value is -3.06. The van der Waals surface area contributed by atoms with E-state index >= 15 is 0 Å². The van der Waals surface area contributed by atoms with Gasteiger partial charge in [0.2, 0.25) is 5.69 Å². The maximum Gasteiger partial charge on any atom is 1.00 e. The molecule has 0 atom stereocenters. The van der Waals surface area contributed by atoms with Crippen LogP contribution in [0.15, 0.2) is 119 Å². The molecule has 2 heterocycles. The van der Waals surface area contributed by atoms with E-state index in [1.807, 2.05) is 24.3 Å². The smallest absolute Gasteiger partial charge is 0.748 e. The fourth-order valence-electron chi connectivity index (χ4n) is 8.92. The minimum Gasteiger partial charge on any atom is -0.748 e. The van der Waals surface area contributed by atoms with E-state index in [-0.39, 0.29) is 48.2 Å². The van der Waals surface area contributed by atoms with Gasteiger partial charge in [-0.1, -0.05) is 92.2 Å². The molecule has 1 aliphatic carbocycles. The molecule has 4 aromatic carbocycles. The van der Waals surface area contributed by atoms with E-state index in [0.29, 0.717) is 18.1 Å². The van der Waals surface area contributed by atoms with Gasteiger partial charge >= 0.3 is 29.6 Å². The van der Waals surface area contributed by atoms with Gasteiger partial charge in [-0.05, 0) is 96.0 Å². The van der Waals surface area contributed by atoms with E-state index in [0.717, 1.165) is 74.7 Å². The molecule has 0 bridgehead atoms. The van der Waals surface area contributed by atoms with E-state index in [9.17, 15) is 25.9 Å². The molecule has 12 heteroatoms. The molecule has 56 heavy (non-hydrogen) atoms. The molecule has 0 amide bonds. The molecule has 3 aliphatic rings. The number of allylic oxidation sites excluding steroid dienone is 8. The topological polar surface area (TPSA) is 118 Å². The number of fused-ring (bicyclic) bond motifs is 6. The first kappa shape index (κ1) is 42.5. The van der Waals surface area contributed by atoms with Crippen LogP contribution in [0, 0.1) is 0 Å². The zero-order valence-electron chi connectivity index (χ0n) is 32.7. The summed E-state index contributed by atoms with van der Waals surface area (Å²) in [4.78, 5) is 2.18. The van der Waals surface area contributed by atoms with Crippen molar-refractivity contribution >= 4 is 70.5 Å². The Labute approximate surface area is 358 Å². The third-order valence-electron chi connectivity index (χ3n) is 11.4. The standard InChI is InChI=1S/C44H47ClN2O6S2.Na/c1-43(2)38(46(26-10-28-54(48,49)50)36-22-18-30-12-5-7-16-34(30)40(36)43)24-20-32-14-9-15-33(42(32)45)21-25-39-44(3,4)41-35-17-8-6-13-31(35)19-23-37(41)47(39)27-11-29-55(51,52)53;/h5-8,12-13,16-25H,9-11,14-15,26-29H2,1-4H3,(H-,48,49,50,51,52,53);/q;+1. The molecule has 7 rings (SSSR count). The van der Waals surface area contributed by atoms with Crippen LogP contribution in [0.5, 0.6) is 0 Å². The van der Waals surface area contributed by atoms with E-state index in [2.05, 4.69) is 110 Å². The van der Waals surface area contributed by atoms with Gasteiger partial charge in [-0.25, -0.2) is 8.42 Å². The third kappa shape index (κ3) is 8.41. The van der Waals surface area contributed by atoms with Crippen LogP contribution in [-0.2, 0) is 31.1 Å². The van der Waals surface area contributed by atoms with Crippen molar-refractivity contribution in [2.45, 2.75) is 70.6 Å². The fraction of sp³-hybridized carbons (Fsp3) is 0.341. The summed E-state index contributed by atoms with van der Waals surface area (Å²) in [6, 6.07) is 24.9. The molecule has 0 unspecified atom stereocenters. The summed E-state index contributed by atoms with van der Waals surface area (Å²) in [6.07, 6.45) is 11.4. The van der Waals surface area contributed by atoms with Crippen LogP contribution in [0.1, 0.15) is 70.9 Å². The summed E-state index contributed by atoms with van der Waals surface area (Å²) in [5, 5.41) is 5.24. The van der Waals surface area contributed by atoms with Gasteiger partial charge in [0.1, 0.15) is 6.54 Å². The second kappa shape index (κ2) is 16.3. The van der Waals surface area contributed by atoms with Gasteiger partial charge in [-0.3, -0.25) is 4.55 Å². The summed E-state index contributed by atoms with van der Waals surface area (Å²) in [5.74, 6) is -0.752. The third-order valence-corrected chi connectivity index (χ3v) is 13.5. The largest absolute Gasteiger partial charge is 1.00 e. The zero-order chi connectivity index (χ0) is 39.3. The molecule has 0 spiro atoms. The normalized spacial score (nSPS) is 19.4. The molecular weight excluding hydrogens is 775 g/mol. The van der Waals surface area contributed by atoms with Crippen molar-refractivity contribution in [2.24, 2.45) is 0 Å². The average Bonchev–Trinajstić information content (AvgIpc) is 3.47. The molecule has 0 saturated heterocycles. The summed E-state index contributed by atoms with van der Waals surface area (Å²) < 4.78 is 69.7. The van der Waals surface area contributed by atoms with Crippen molar-refractivity contribution in [1.29, 1.82) is 0 Å². The van der Waals surface area contributed by atoms with E-state index in [1.54, 1.807) is 0 Å². The minimum atomic E-state index is -4.35. The summed E-state index contributed by atoms with van der Waals surface area (Å²) in [6.45, 7) is 9.56. The average molecular weight is 822 g/mol. The van der Waals surface area contributed by atoms with Crippen LogP contribution in [0.3, 0.4) is 0 Å². The van der Waals surface area contributed by atoms with Gasteiger partial charge < -0.3 is 9.45 Å². The maximum atomic E-state index is 11.7. The Morgan fingerprint density at radius 1 is 0.804 bits per heavy atom. The molecular formula is C44H47ClN2NaO6S2+. The Balaban J connectivity index is 0.00000532. The van der Waals surface area contributed by atoms with Gasteiger partial charge in [0.25, 0.3) is 10.1 Å². The molecule has 0 radical (unpaired) electrons. The first-order chi connectivity index (χ1) is 26.0. The van der Waals surface area contributed by atoms with Crippen molar-refractivity contribution < 1.29 is 60.1 Å². The summed E-state index contributed by atoms with van der Waals surface area (Å²) in [5.41, 5.74) is 7.62. The second-order valence-electron chi connectivity index (χ2n) is 15.8. The maximum absolute atomic E-state index is 11.7. The molecule has 288 valence electrons. The van der Waals surface area contributed by atoms with Crippen molar-refractivity contribution in [3.05, 3.63) is 130 Å². The minimum absolute atomic E-state index is 0. The van der Waals surface area contributed by atoms with Crippen molar-refractivity contribution in [3.63, 3.8) is 0 Å². The Bertz CT molecular complexity index is 2610. The van der Waals surface area contributed by atoms with Gasteiger partial charge in [-0.15, -0.1) is 0 Å². The van der Waals surface area contributed by atoms with Crippen LogP contribution in [0.4, 0.5) is 11.4 Å². The first-order valence-electron chi connectivity index (χ1n) is 18.8. The zero-order valence-corrected chi connectivity index (χ0v) is 37.1.